The predicted molar refractivity (Wildman–Crippen MR) is 411 cm³/mol. The molecule has 0 aliphatic carbocycles. The van der Waals surface area contributed by atoms with Crippen LogP contribution in [0.2, 0.25) is 0 Å². The van der Waals surface area contributed by atoms with Crippen LogP contribution in [0.4, 0.5) is 0 Å². The topological polar surface area (TPSA) is 70.8 Å². The lowest BCUT2D eigenvalue weighted by atomic mass is 10.1. The summed E-state index contributed by atoms with van der Waals surface area (Å²) >= 11 is 3.52. The number of carbonyl (C=O) groups is 1. The molecule has 0 amide bonds. The number of pyridine rings is 1. The van der Waals surface area contributed by atoms with E-state index in [1.54, 1.807) is 0 Å². The van der Waals surface area contributed by atoms with Crippen molar-refractivity contribution in [2.45, 2.75) is 105 Å². The highest BCUT2D eigenvalue weighted by atomic mass is 79.9. The van der Waals surface area contributed by atoms with Crippen LogP contribution >= 0.6 is 15.9 Å². The largest absolute Gasteiger partial charge is 0.346 e. The van der Waals surface area contributed by atoms with Crippen molar-refractivity contribution in [3.8, 4) is 22.3 Å². The van der Waals surface area contributed by atoms with Crippen molar-refractivity contribution in [3.05, 3.63) is 235 Å². The van der Waals surface area contributed by atoms with Gasteiger partial charge in [0, 0.05) is 176 Å². The van der Waals surface area contributed by atoms with E-state index >= 15 is 0 Å². The maximum absolute atomic E-state index is 11.0. The summed E-state index contributed by atoms with van der Waals surface area (Å²) in [5.41, 5.74) is 13.4. The fourth-order valence-electron chi connectivity index (χ4n) is 11.6. The minimum Gasteiger partial charge on any atom is -0.346 e. The van der Waals surface area contributed by atoms with E-state index in [0.717, 1.165) is 65.5 Å². The van der Waals surface area contributed by atoms with Crippen LogP contribution in [0.5, 0.6) is 0 Å². The van der Waals surface area contributed by atoms with E-state index in [9.17, 15) is 4.79 Å². The molecule has 6 heterocycles. The molecule has 0 fully saturated rings. The van der Waals surface area contributed by atoms with Crippen molar-refractivity contribution in [2.75, 3.05) is 70.5 Å². The first-order chi connectivity index (χ1) is 45.2. The summed E-state index contributed by atoms with van der Waals surface area (Å²) < 4.78 is 12.8. The summed E-state index contributed by atoms with van der Waals surface area (Å²) in [6, 6.07) is 68.6. The van der Waals surface area contributed by atoms with E-state index in [0.29, 0.717) is 30.2 Å². The Hall–Kier alpha value is -8.40. The SMILES string of the molecule is C.CC(Cn1c2ccccc2c2ccccc21)N(C)C.CC(Cn1cc(-c2ccccc2)c2ccccc21)N(C)C.CC(Cn1cc(C=O)c2ccccc21)N(C)C.CC(Cn1ccc2ccc(-c3cccnc3)cc21)N(C)C.CC(Cn1ccc2ccc(Br)cc21)N(C)C. The molecule has 498 valence electrons. The summed E-state index contributed by atoms with van der Waals surface area (Å²) in [6.45, 7) is 16.1. The summed E-state index contributed by atoms with van der Waals surface area (Å²) in [5.74, 6) is 0. The minimum atomic E-state index is 0. The van der Waals surface area contributed by atoms with Crippen molar-refractivity contribution in [3.63, 3.8) is 0 Å². The maximum Gasteiger partial charge on any atom is 0.152 e. The number of carbonyl (C=O) groups excluding carboxylic acids is 1. The van der Waals surface area contributed by atoms with Crippen LogP contribution in [0.25, 0.3) is 87.7 Å². The van der Waals surface area contributed by atoms with Gasteiger partial charge in [0.15, 0.2) is 6.29 Å². The molecular formula is C82H102BrN11O. The van der Waals surface area contributed by atoms with Crippen LogP contribution in [0.1, 0.15) is 52.4 Å². The molecule has 95 heavy (non-hydrogen) atoms. The van der Waals surface area contributed by atoms with Gasteiger partial charge in [0.1, 0.15) is 0 Å². The number of aldehydes is 1. The van der Waals surface area contributed by atoms with Gasteiger partial charge in [0.05, 0.1) is 0 Å². The number of hydrogen-bond donors (Lipinski definition) is 0. The van der Waals surface area contributed by atoms with Gasteiger partial charge in [-0.3, -0.25) is 9.78 Å². The molecule has 0 aliphatic heterocycles. The van der Waals surface area contributed by atoms with Crippen LogP contribution in [-0.2, 0) is 32.7 Å². The maximum atomic E-state index is 11.0. The summed E-state index contributed by atoms with van der Waals surface area (Å²) in [7, 11) is 21.2. The molecule has 0 N–H and O–H groups in total. The predicted octanol–water partition coefficient (Wildman–Crippen LogP) is 18.1. The molecule has 5 atom stereocenters. The number of aromatic nitrogens is 6. The van der Waals surface area contributed by atoms with Crippen LogP contribution in [0, 0.1) is 0 Å². The molecule has 7 aromatic carbocycles. The van der Waals surface area contributed by atoms with Crippen molar-refractivity contribution in [2.24, 2.45) is 0 Å². The molecule has 0 saturated heterocycles. The molecule has 6 aromatic heterocycles. The molecular weight excluding hydrogens is 1230 g/mol. The minimum absolute atomic E-state index is 0. The standard InChI is InChI=1S/C19H22N2.C18H21N3.C17H20N2.C14H18N2O.C13H17BrN2.CH4/c1-15(20(2)3)13-21-14-18(16-9-5-4-6-10-16)17-11-7-8-12-19(17)21;1-14(20(2)3)13-21-10-8-15-6-7-16(11-18(15)21)17-5-4-9-19-12-17;1-13(18(2)3)12-19-16-10-6-4-8-14(16)15-9-5-7-11-17(15)19;1-11(15(2)3)8-16-9-12(10-17)13-6-4-5-7-14(13)16;1-10(15(2)3)9-16-7-6-11-4-5-12(14)8-13(11)16;/h4-12,14-15H,13H2,1-3H3;4-12,14H,13H2,1-3H3;4-11,13H,12H2,1-3H3;4-7,9-11H,8H2,1-3H3;4-8,10H,9H2,1-3H3;1H4. The van der Waals surface area contributed by atoms with Gasteiger partial charge in [0.2, 0.25) is 0 Å². The number of likely N-dealkylation sites (N-methyl/N-ethyl adjacent to an activating group) is 5. The van der Waals surface area contributed by atoms with Gasteiger partial charge >= 0.3 is 0 Å². The Labute approximate surface area is 574 Å². The third kappa shape index (κ3) is 18.1. The van der Waals surface area contributed by atoms with E-state index in [1.807, 2.05) is 42.9 Å². The lowest BCUT2D eigenvalue weighted by molar-refractivity contribution is 0.112. The molecule has 5 unspecified atom stereocenters. The zero-order chi connectivity index (χ0) is 67.2. The monoisotopic (exact) mass is 1340 g/mol. The molecule has 13 aromatic rings. The second-order valence-corrected chi connectivity index (χ2v) is 27.2. The molecule has 0 spiro atoms. The van der Waals surface area contributed by atoms with Gasteiger partial charge < -0.3 is 47.3 Å². The number of hydrogen-bond acceptors (Lipinski definition) is 7. The molecule has 0 saturated carbocycles. The van der Waals surface area contributed by atoms with E-state index < -0.39 is 0 Å². The van der Waals surface area contributed by atoms with Gasteiger partial charge in [-0.1, -0.05) is 151 Å². The Bertz CT molecular complexity index is 4460. The Morgan fingerprint density at radius 1 is 0.389 bits per heavy atom. The third-order valence-corrected chi connectivity index (χ3v) is 19.2. The Kier molecular flexibility index (Phi) is 25.8. The zero-order valence-corrected chi connectivity index (χ0v) is 59.7. The number of rotatable bonds is 18. The summed E-state index contributed by atoms with van der Waals surface area (Å²) in [5, 5.41) is 7.65. The lowest BCUT2D eigenvalue weighted by Crippen LogP contribution is -2.29. The number of benzene rings is 7. The normalized spacial score (nSPS) is 13.1. The molecule has 0 aliphatic rings. The number of fused-ring (bicyclic) bond motifs is 7. The molecule has 0 bridgehead atoms. The van der Waals surface area contributed by atoms with Crippen molar-refractivity contribution < 1.29 is 4.79 Å². The van der Waals surface area contributed by atoms with Crippen LogP contribution in [-0.4, -0.2) is 159 Å². The van der Waals surface area contributed by atoms with Gasteiger partial charge in [-0.2, -0.15) is 0 Å². The van der Waals surface area contributed by atoms with Gasteiger partial charge in [-0.15, -0.1) is 0 Å². The van der Waals surface area contributed by atoms with Crippen LogP contribution in [0.3, 0.4) is 0 Å². The van der Waals surface area contributed by atoms with Gasteiger partial charge in [-0.25, -0.2) is 0 Å². The zero-order valence-electron chi connectivity index (χ0n) is 58.1. The highest BCUT2D eigenvalue weighted by Crippen LogP contribution is 2.33. The lowest BCUT2D eigenvalue weighted by Gasteiger charge is -2.21. The smallest absolute Gasteiger partial charge is 0.152 e. The second-order valence-electron chi connectivity index (χ2n) is 26.3. The molecule has 13 heteroatoms. The fraction of sp³-hybridized carbons (Fsp3) is 0.317. The van der Waals surface area contributed by atoms with Gasteiger partial charge in [-0.05, 0) is 188 Å². The van der Waals surface area contributed by atoms with Crippen molar-refractivity contribution in [1.82, 2.24) is 52.3 Å². The molecule has 13 rings (SSSR count). The Morgan fingerprint density at radius 3 is 1.29 bits per heavy atom. The number of para-hydroxylation sites is 4. The highest BCUT2D eigenvalue weighted by Gasteiger charge is 2.17. The number of nitrogens with zero attached hydrogens (tertiary/aromatic N) is 11. The fourth-order valence-corrected chi connectivity index (χ4v) is 11.9. The molecule has 0 radical (unpaired) electrons. The van der Waals surface area contributed by atoms with Crippen molar-refractivity contribution in [1.29, 1.82) is 0 Å². The average Bonchev–Trinajstić information content (AvgIpc) is 1.63. The first-order valence-corrected chi connectivity index (χ1v) is 33.7. The average molecular weight is 1340 g/mol. The number of halogens is 1. The first kappa shape index (κ1) is 72.4. The molecule has 12 nitrogen and oxygen atoms in total. The highest BCUT2D eigenvalue weighted by molar-refractivity contribution is 9.10. The van der Waals surface area contributed by atoms with Crippen LogP contribution in [0.15, 0.2) is 230 Å². The Balaban J connectivity index is 0.000000152. The van der Waals surface area contributed by atoms with Crippen LogP contribution < -0.4 is 0 Å². The van der Waals surface area contributed by atoms with E-state index in [-0.39, 0.29) is 7.43 Å². The first-order valence-electron chi connectivity index (χ1n) is 32.9. The van der Waals surface area contributed by atoms with Gasteiger partial charge in [0.25, 0.3) is 0 Å². The Morgan fingerprint density at radius 2 is 0.800 bits per heavy atom. The second kappa shape index (κ2) is 33.8. The quantitative estimate of drug-likeness (QED) is 0.0793. The summed E-state index contributed by atoms with van der Waals surface area (Å²) in [6.07, 6.45) is 13.2. The van der Waals surface area contributed by atoms with Crippen molar-refractivity contribution >= 4 is 87.6 Å². The summed E-state index contributed by atoms with van der Waals surface area (Å²) in [4.78, 5) is 26.4. The van der Waals surface area contributed by atoms with E-state index in [1.165, 1.54) is 71.2 Å². The van der Waals surface area contributed by atoms with E-state index in [4.69, 9.17) is 0 Å². The third-order valence-electron chi connectivity index (χ3n) is 18.7. The van der Waals surface area contributed by atoms with E-state index in [2.05, 4.69) is 356 Å².